The summed E-state index contributed by atoms with van der Waals surface area (Å²) < 4.78 is 36.2. The van der Waals surface area contributed by atoms with Crippen molar-refractivity contribution in [1.29, 1.82) is 0 Å². The van der Waals surface area contributed by atoms with Gasteiger partial charge in [-0.15, -0.1) is 0 Å². The highest BCUT2D eigenvalue weighted by Gasteiger charge is 2.17. The fraction of sp³-hybridized carbons (Fsp3) is 0.333. The molecule has 4 rings (SSSR count). The van der Waals surface area contributed by atoms with Gasteiger partial charge in [0.1, 0.15) is 34.5 Å². The summed E-state index contributed by atoms with van der Waals surface area (Å²) in [6, 6.07) is 19.9. The van der Waals surface area contributed by atoms with Crippen molar-refractivity contribution in [2.75, 3.05) is 38.2 Å². The van der Waals surface area contributed by atoms with Gasteiger partial charge in [-0.2, -0.15) is 0 Å². The summed E-state index contributed by atoms with van der Waals surface area (Å²) in [7, 11) is 0. The summed E-state index contributed by atoms with van der Waals surface area (Å²) in [4.78, 5) is 15.4. The normalized spacial score (nSPS) is 11.0. The van der Waals surface area contributed by atoms with Crippen LogP contribution in [0.4, 0.5) is 10.1 Å². The molecule has 0 atom stereocenters. The lowest BCUT2D eigenvalue weighted by Crippen LogP contribution is -2.25. The van der Waals surface area contributed by atoms with Crippen LogP contribution in [0.2, 0.25) is 0 Å². The van der Waals surface area contributed by atoms with Gasteiger partial charge in [0, 0.05) is 24.2 Å². The number of anilines is 1. The Balaban J connectivity index is 1.38. The van der Waals surface area contributed by atoms with Crippen LogP contribution < -0.4 is 19.5 Å². The predicted molar refractivity (Wildman–Crippen MR) is 161 cm³/mol. The van der Waals surface area contributed by atoms with E-state index in [4.69, 9.17) is 18.7 Å². The van der Waals surface area contributed by atoms with Gasteiger partial charge in [-0.05, 0) is 86.6 Å². The Hall–Kier alpha value is -4.37. The second kappa shape index (κ2) is 15.6. The number of rotatable bonds is 16. The molecule has 0 saturated heterocycles. The number of ether oxygens (including phenoxy) is 3. The number of halogens is 1. The molecule has 0 saturated carbocycles. The molecule has 0 bridgehead atoms. The summed E-state index contributed by atoms with van der Waals surface area (Å²) in [5.74, 6) is 1.62. The summed E-state index contributed by atoms with van der Waals surface area (Å²) >= 11 is 0. The molecular weight excluding hydrogens is 537 g/mol. The molecular formula is C33H38FN3O5. The van der Waals surface area contributed by atoms with Crippen LogP contribution in [0.25, 0.3) is 11.3 Å². The number of benzene rings is 3. The Morgan fingerprint density at radius 2 is 1.52 bits per heavy atom. The maximum atomic E-state index is 13.1. The third-order valence-corrected chi connectivity index (χ3v) is 6.67. The van der Waals surface area contributed by atoms with E-state index >= 15 is 0 Å². The molecule has 1 N–H and O–H groups in total. The van der Waals surface area contributed by atoms with Gasteiger partial charge in [-0.1, -0.05) is 32.3 Å². The molecule has 0 radical (unpaired) electrons. The summed E-state index contributed by atoms with van der Waals surface area (Å²) in [5.41, 5.74) is 1.77. The smallest absolute Gasteiger partial charge is 0.294 e. The molecule has 1 amide bonds. The van der Waals surface area contributed by atoms with Crippen molar-refractivity contribution in [3.05, 3.63) is 84.4 Å². The highest BCUT2D eigenvalue weighted by molar-refractivity contribution is 6.03. The first kappa shape index (κ1) is 30.6. The SMILES string of the molecule is CCCCOc1cc(OCCCN(CC)CC)ccc1NC(=O)c1cc(-c2ccc(Oc3ccc(F)cc3)cc2)no1. The molecule has 4 aromatic rings. The second-order valence-electron chi connectivity index (χ2n) is 9.70. The largest absolute Gasteiger partial charge is 0.493 e. The molecule has 42 heavy (non-hydrogen) atoms. The zero-order valence-electron chi connectivity index (χ0n) is 24.4. The minimum atomic E-state index is -0.446. The number of nitrogens with zero attached hydrogens (tertiary/aromatic N) is 2. The van der Waals surface area contributed by atoms with E-state index in [9.17, 15) is 9.18 Å². The van der Waals surface area contributed by atoms with Crippen LogP contribution in [0.15, 0.2) is 77.3 Å². The fourth-order valence-corrected chi connectivity index (χ4v) is 4.19. The van der Waals surface area contributed by atoms with Crippen LogP contribution in [0.5, 0.6) is 23.0 Å². The molecule has 0 aliphatic heterocycles. The molecule has 0 aliphatic rings. The van der Waals surface area contributed by atoms with Gasteiger partial charge < -0.3 is 29.0 Å². The van der Waals surface area contributed by atoms with Crippen LogP contribution in [0.1, 0.15) is 50.6 Å². The van der Waals surface area contributed by atoms with E-state index in [1.54, 1.807) is 48.5 Å². The number of nitrogens with one attached hydrogen (secondary N) is 1. The summed E-state index contributed by atoms with van der Waals surface area (Å²) in [6.07, 6.45) is 2.80. The van der Waals surface area contributed by atoms with E-state index < -0.39 is 5.91 Å². The minimum Gasteiger partial charge on any atom is -0.493 e. The van der Waals surface area contributed by atoms with Crippen molar-refractivity contribution in [3.63, 3.8) is 0 Å². The van der Waals surface area contributed by atoms with Gasteiger partial charge in [0.2, 0.25) is 5.76 Å². The molecule has 0 fully saturated rings. The third-order valence-electron chi connectivity index (χ3n) is 6.67. The van der Waals surface area contributed by atoms with E-state index in [1.165, 1.54) is 12.1 Å². The zero-order chi connectivity index (χ0) is 29.7. The van der Waals surface area contributed by atoms with Gasteiger partial charge in [0.15, 0.2) is 0 Å². The molecule has 8 nitrogen and oxygen atoms in total. The van der Waals surface area contributed by atoms with E-state index in [0.29, 0.717) is 47.6 Å². The summed E-state index contributed by atoms with van der Waals surface area (Å²) in [5, 5.41) is 6.94. The maximum Gasteiger partial charge on any atom is 0.294 e. The Morgan fingerprint density at radius 1 is 0.857 bits per heavy atom. The highest BCUT2D eigenvalue weighted by Crippen LogP contribution is 2.31. The van der Waals surface area contributed by atoms with E-state index in [0.717, 1.165) is 44.5 Å². The molecule has 0 aliphatic carbocycles. The number of carbonyl (C=O) groups is 1. The van der Waals surface area contributed by atoms with E-state index in [2.05, 4.69) is 36.1 Å². The van der Waals surface area contributed by atoms with Crippen molar-refractivity contribution < 1.29 is 27.9 Å². The van der Waals surface area contributed by atoms with Gasteiger partial charge in [0.05, 0.1) is 18.9 Å². The Labute approximate surface area is 246 Å². The predicted octanol–water partition coefficient (Wildman–Crippen LogP) is 7.81. The van der Waals surface area contributed by atoms with Gasteiger partial charge in [0.25, 0.3) is 5.91 Å². The molecule has 9 heteroatoms. The van der Waals surface area contributed by atoms with Gasteiger partial charge >= 0.3 is 0 Å². The monoisotopic (exact) mass is 575 g/mol. The quantitative estimate of drug-likeness (QED) is 0.136. The van der Waals surface area contributed by atoms with Crippen LogP contribution in [-0.2, 0) is 0 Å². The highest BCUT2D eigenvalue weighted by atomic mass is 19.1. The molecule has 222 valence electrons. The zero-order valence-corrected chi connectivity index (χ0v) is 24.4. The minimum absolute atomic E-state index is 0.0628. The topological polar surface area (TPSA) is 86.1 Å². The lowest BCUT2D eigenvalue weighted by atomic mass is 10.1. The lowest BCUT2D eigenvalue weighted by molar-refractivity contribution is 0.0987. The molecule has 1 heterocycles. The third kappa shape index (κ3) is 8.81. The van der Waals surface area contributed by atoms with Crippen LogP contribution in [0, 0.1) is 5.82 Å². The Kier molecular flexibility index (Phi) is 11.3. The number of hydrogen-bond donors (Lipinski definition) is 1. The number of aromatic nitrogens is 1. The summed E-state index contributed by atoms with van der Waals surface area (Å²) in [6.45, 7) is 10.5. The van der Waals surface area contributed by atoms with Crippen molar-refractivity contribution in [3.8, 4) is 34.3 Å². The molecule has 3 aromatic carbocycles. The first-order valence-electron chi connectivity index (χ1n) is 14.4. The second-order valence-corrected chi connectivity index (χ2v) is 9.70. The fourth-order valence-electron chi connectivity index (χ4n) is 4.19. The van der Waals surface area contributed by atoms with Crippen LogP contribution in [0.3, 0.4) is 0 Å². The first-order chi connectivity index (χ1) is 20.5. The molecule has 0 spiro atoms. The van der Waals surface area contributed by atoms with E-state index in [1.807, 2.05) is 12.1 Å². The van der Waals surface area contributed by atoms with Crippen molar-refractivity contribution >= 4 is 11.6 Å². The molecule has 0 unspecified atom stereocenters. The Bertz CT molecular complexity index is 1400. The molecule has 1 aromatic heterocycles. The average molecular weight is 576 g/mol. The van der Waals surface area contributed by atoms with E-state index in [-0.39, 0.29) is 11.6 Å². The number of hydrogen-bond acceptors (Lipinski definition) is 7. The number of carbonyl (C=O) groups excluding carboxylic acids is 1. The van der Waals surface area contributed by atoms with Crippen LogP contribution >= 0.6 is 0 Å². The van der Waals surface area contributed by atoms with Crippen molar-refractivity contribution in [1.82, 2.24) is 10.1 Å². The number of amides is 1. The van der Waals surface area contributed by atoms with Crippen molar-refractivity contribution in [2.45, 2.75) is 40.0 Å². The Morgan fingerprint density at radius 3 is 2.21 bits per heavy atom. The van der Waals surface area contributed by atoms with Gasteiger partial charge in [-0.3, -0.25) is 4.79 Å². The maximum absolute atomic E-state index is 13.1. The first-order valence-corrected chi connectivity index (χ1v) is 14.4. The standard InChI is InChI=1S/C33H38FN3O5/c1-4-7-20-40-31-22-28(39-21-8-19-37(5-2)6-3)17-18-29(31)35-33(38)32-23-30(36-42-32)24-9-13-26(14-10-24)41-27-15-11-25(34)12-16-27/h9-18,22-23H,4-8,19-21H2,1-3H3,(H,35,38). The lowest BCUT2D eigenvalue weighted by Gasteiger charge is -2.18. The van der Waals surface area contributed by atoms with Gasteiger partial charge in [-0.25, -0.2) is 4.39 Å². The number of unbranched alkanes of at least 4 members (excludes halogenated alkanes) is 1. The van der Waals surface area contributed by atoms with Crippen LogP contribution in [-0.4, -0.2) is 48.8 Å². The average Bonchev–Trinajstić information content (AvgIpc) is 3.51. The van der Waals surface area contributed by atoms with Crippen molar-refractivity contribution in [2.24, 2.45) is 0 Å².